The highest BCUT2D eigenvalue weighted by atomic mass is 35.5. The number of pyridine rings is 1. The number of methoxy groups -OCH3 is 1. The normalized spacial score (nSPS) is 15.7. The van der Waals surface area contributed by atoms with Crippen LogP contribution >= 0.6 is 12.4 Å². The molecule has 2 fully saturated rings. The summed E-state index contributed by atoms with van der Waals surface area (Å²) in [7, 11) is 1.68. The molecule has 8 heteroatoms. The highest BCUT2D eigenvalue weighted by Gasteiger charge is 2.25. The van der Waals surface area contributed by atoms with Gasteiger partial charge in [0.25, 0.3) is 0 Å². The van der Waals surface area contributed by atoms with Gasteiger partial charge in [0.05, 0.1) is 18.5 Å². The van der Waals surface area contributed by atoms with E-state index in [2.05, 4.69) is 59.2 Å². The Hall–Kier alpha value is -4.07. The van der Waals surface area contributed by atoms with E-state index in [1.807, 2.05) is 47.4 Å². The van der Waals surface area contributed by atoms with E-state index in [0.717, 1.165) is 78.3 Å². The number of hydrogen-bond acceptors (Lipinski definition) is 6. The van der Waals surface area contributed by atoms with Gasteiger partial charge in [-0.1, -0.05) is 54.6 Å². The molecule has 1 amide bonds. The summed E-state index contributed by atoms with van der Waals surface area (Å²) in [5.74, 6) is 1.25. The van der Waals surface area contributed by atoms with Crippen molar-refractivity contribution < 1.29 is 14.3 Å². The maximum absolute atomic E-state index is 12.6. The summed E-state index contributed by atoms with van der Waals surface area (Å²) in [6.07, 6.45) is 3.83. The smallest absolute Gasteiger partial charge is 0.410 e. The molecule has 3 heterocycles. The minimum atomic E-state index is -0.227. The molecule has 0 bridgehead atoms. The minimum Gasteiger partial charge on any atom is -0.497 e. The van der Waals surface area contributed by atoms with Gasteiger partial charge >= 0.3 is 6.09 Å². The van der Waals surface area contributed by atoms with Crippen LogP contribution in [0.1, 0.15) is 42.7 Å². The van der Waals surface area contributed by atoms with E-state index in [4.69, 9.17) is 14.5 Å². The Balaban J connectivity index is 0.00000384. The molecule has 0 unspecified atom stereocenters. The maximum atomic E-state index is 12.6. The highest BCUT2D eigenvalue weighted by Crippen LogP contribution is 2.32. The number of halogens is 1. The van der Waals surface area contributed by atoms with Gasteiger partial charge in [-0.05, 0) is 92.2 Å². The Bertz CT molecular complexity index is 1480. The van der Waals surface area contributed by atoms with Crippen molar-refractivity contribution in [3.8, 4) is 28.3 Å². The third-order valence-electron chi connectivity index (χ3n) is 8.56. The van der Waals surface area contributed by atoms with Crippen LogP contribution in [-0.2, 0) is 11.3 Å². The van der Waals surface area contributed by atoms with Crippen molar-refractivity contribution in [3.63, 3.8) is 0 Å². The molecule has 0 saturated carbocycles. The van der Waals surface area contributed by atoms with Crippen molar-refractivity contribution in [2.75, 3.05) is 38.6 Å². The van der Waals surface area contributed by atoms with Crippen molar-refractivity contribution in [2.45, 2.75) is 44.2 Å². The highest BCUT2D eigenvalue weighted by molar-refractivity contribution is 5.85. The first-order valence-corrected chi connectivity index (χ1v) is 15.3. The van der Waals surface area contributed by atoms with Crippen LogP contribution in [0.15, 0.2) is 91.0 Å². The Morgan fingerprint density at radius 3 is 2.09 bits per heavy atom. The molecule has 230 valence electrons. The number of nitrogens with one attached hydrogen (secondary N) is 2. The van der Waals surface area contributed by atoms with Crippen molar-refractivity contribution >= 4 is 24.2 Å². The molecular formula is C36H41ClN4O3. The zero-order valence-corrected chi connectivity index (χ0v) is 26.0. The fourth-order valence-electron chi connectivity index (χ4n) is 6.01. The first-order chi connectivity index (χ1) is 21.1. The van der Waals surface area contributed by atoms with E-state index in [1.165, 1.54) is 5.56 Å². The molecule has 0 radical (unpaired) electrons. The quantitative estimate of drug-likeness (QED) is 0.214. The average Bonchev–Trinajstić information content (AvgIpc) is 3.08. The van der Waals surface area contributed by atoms with Crippen molar-refractivity contribution in [3.05, 3.63) is 102 Å². The van der Waals surface area contributed by atoms with E-state index in [0.29, 0.717) is 31.7 Å². The lowest BCUT2D eigenvalue weighted by molar-refractivity contribution is 0.0870. The number of hydrogen-bond donors (Lipinski definition) is 2. The van der Waals surface area contributed by atoms with Crippen molar-refractivity contribution in [1.82, 2.24) is 15.2 Å². The molecule has 1 aromatic heterocycles. The van der Waals surface area contributed by atoms with Gasteiger partial charge in [0.2, 0.25) is 0 Å². The number of aromatic nitrogens is 1. The van der Waals surface area contributed by atoms with Crippen LogP contribution in [0.4, 0.5) is 10.5 Å². The van der Waals surface area contributed by atoms with Crippen molar-refractivity contribution in [1.29, 1.82) is 0 Å². The molecule has 0 aliphatic carbocycles. The summed E-state index contributed by atoms with van der Waals surface area (Å²) in [5, 5.41) is 7.22. The number of piperidine rings is 2. The summed E-state index contributed by atoms with van der Waals surface area (Å²) < 4.78 is 10.9. The number of ether oxygens (including phenoxy) is 2. The van der Waals surface area contributed by atoms with Crippen molar-refractivity contribution in [2.24, 2.45) is 0 Å². The second-order valence-corrected chi connectivity index (χ2v) is 11.4. The molecule has 2 N–H and O–H groups in total. The van der Waals surface area contributed by atoms with Gasteiger partial charge in [-0.3, -0.25) is 0 Å². The van der Waals surface area contributed by atoms with Gasteiger partial charge in [-0.2, -0.15) is 0 Å². The number of amides is 1. The first kappa shape index (κ1) is 31.4. The van der Waals surface area contributed by atoms with Gasteiger partial charge in [0.1, 0.15) is 12.4 Å². The maximum Gasteiger partial charge on any atom is 0.410 e. The molecule has 6 rings (SSSR count). The lowest BCUT2D eigenvalue weighted by atomic mass is 9.89. The third kappa shape index (κ3) is 7.90. The average molecular weight is 613 g/mol. The zero-order chi connectivity index (χ0) is 29.4. The monoisotopic (exact) mass is 612 g/mol. The number of carbonyl (C=O) groups is 1. The second kappa shape index (κ2) is 15.1. The van der Waals surface area contributed by atoms with Crippen LogP contribution in [-0.4, -0.2) is 55.3 Å². The van der Waals surface area contributed by atoms with Gasteiger partial charge in [-0.25, -0.2) is 9.78 Å². The standard InChI is InChI=1S/C36H40N4O3.ClH/c1-42-33-13-11-30(12-14-33)35-24-32(38-31-15-19-37-20-16-31)23-34(39-35)29-9-7-27(8-10-29)28-17-21-40(22-18-28)36(41)43-25-26-5-3-2-4-6-26;/h2-14,23-24,28,31,37H,15-22,25H2,1H3,(H,38,39);1H. The SMILES string of the molecule is COc1ccc(-c2cc(NC3CCNCC3)cc(-c3ccc(C4CCN(C(=O)OCc5ccccc5)CC4)cc3)n2)cc1.Cl. The number of anilines is 1. The van der Waals surface area contributed by atoms with E-state index < -0.39 is 0 Å². The molecule has 2 saturated heterocycles. The van der Waals surface area contributed by atoms with Crippen LogP contribution in [0.2, 0.25) is 0 Å². The fourth-order valence-corrected chi connectivity index (χ4v) is 6.01. The second-order valence-electron chi connectivity index (χ2n) is 11.4. The molecule has 44 heavy (non-hydrogen) atoms. The predicted octanol–water partition coefficient (Wildman–Crippen LogP) is 7.53. The topological polar surface area (TPSA) is 75.7 Å². The predicted molar refractivity (Wildman–Crippen MR) is 179 cm³/mol. The Morgan fingerprint density at radius 2 is 1.48 bits per heavy atom. The van der Waals surface area contributed by atoms with Crippen LogP contribution < -0.4 is 15.4 Å². The number of likely N-dealkylation sites (tertiary alicyclic amines) is 1. The number of carbonyl (C=O) groups excluding carboxylic acids is 1. The zero-order valence-electron chi connectivity index (χ0n) is 25.2. The Morgan fingerprint density at radius 1 is 0.864 bits per heavy atom. The number of rotatable bonds is 8. The summed E-state index contributed by atoms with van der Waals surface area (Å²) >= 11 is 0. The van der Waals surface area contributed by atoms with E-state index in [-0.39, 0.29) is 18.5 Å². The van der Waals surface area contributed by atoms with E-state index in [1.54, 1.807) is 7.11 Å². The van der Waals surface area contributed by atoms with Gasteiger partial charge < -0.3 is 25.0 Å². The summed E-state index contributed by atoms with van der Waals surface area (Å²) in [5.41, 5.74) is 7.44. The summed E-state index contributed by atoms with van der Waals surface area (Å²) in [4.78, 5) is 19.5. The Labute approximate surface area is 266 Å². The van der Waals surface area contributed by atoms with Gasteiger partial charge in [0, 0.05) is 35.9 Å². The number of benzene rings is 3. The van der Waals surface area contributed by atoms with Crippen LogP contribution in [0, 0.1) is 0 Å². The molecule has 2 aliphatic rings. The van der Waals surface area contributed by atoms with Crippen LogP contribution in [0.3, 0.4) is 0 Å². The van der Waals surface area contributed by atoms with Gasteiger partial charge in [-0.15, -0.1) is 12.4 Å². The minimum absolute atomic E-state index is 0. The van der Waals surface area contributed by atoms with Gasteiger partial charge in [0.15, 0.2) is 0 Å². The molecule has 4 aromatic rings. The molecule has 0 spiro atoms. The lowest BCUT2D eigenvalue weighted by Crippen LogP contribution is -2.38. The van der Waals surface area contributed by atoms with Crippen LogP contribution in [0.25, 0.3) is 22.5 Å². The fraction of sp³-hybridized carbons (Fsp3) is 0.333. The first-order valence-electron chi connectivity index (χ1n) is 15.3. The third-order valence-corrected chi connectivity index (χ3v) is 8.56. The molecule has 0 atom stereocenters. The number of nitrogens with zero attached hydrogens (tertiary/aromatic N) is 2. The summed E-state index contributed by atoms with van der Waals surface area (Å²) in [6.45, 7) is 3.80. The van der Waals surface area contributed by atoms with E-state index >= 15 is 0 Å². The molecule has 2 aliphatic heterocycles. The van der Waals surface area contributed by atoms with Crippen LogP contribution in [0.5, 0.6) is 5.75 Å². The lowest BCUT2D eigenvalue weighted by Gasteiger charge is -2.31. The molecular weight excluding hydrogens is 572 g/mol. The largest absolute Gasteiger partial charge is 0.497 e. The molecule has 3 aromatic carbocycles. The van der Waals surface area contributed by atoms with E-state index in [9.17, 15) is 4.79 Å². The molecule has 7 nitrogen and oxygen atoms in total. The summed E-state index contributed by atoms with van der Waals surface area (Å²) in [6, 6.07) is 31.5. The Kier molecular flexibility index (Phi) is 10.8.